The van der Waals surface area contributed by atoms with Gasteiger partial charge < -0.3 is 5.32 Å². The molecule has 2 nitrogen and oxygen atoms in total. The molecule has 1 heterocycles. The van der Waals surface area contributed by atoms with E-state index >= 15 is 0 Å². The molecule has 0 saturated heterocycles. The summed E-state index contributed by atoms with van der Waals surface area (Å²) in [5.74, 6) is 0. The van der Waals surface area contributed by atoms with Crippen molar-refractivity contribution in [3.8, 4) is 0 Å². The van der Waals surface area contributed by atoms with Gasteiger partial charge in [0.2, 0.25) is 0 Å². The molecule has 0 aliphatic heterocycles. The van der Waals surface area contributed by atoms with Crippen LogP contribution in [0, 0.1) is 0 Å². The summed E-state index contributed by atoms with van der Waals surface area (Å²) in [4.78, 5) is 4.52. The van der Waals surface area contributed by atoms with Crippen molar-refractivity contribution < 1.29 is 0 Å². The van der Waals surface area contributed by atoms with Crippen LogP contribution in [0.4, 0.5) is 0 Å². The number of aromatic nitrogens is 1. The number of halogens is 2. The molecule has 0 fully saturated rings. The zero-order chi connectivity index (χ0) is 12.3. The molecule has 0 aliphatic carbocycles. The monoisotopic (exact) mass is 286 g/mol. The van der Waals surface area contributed by atoms with Crippen molar-refractivity contribution in [2.45, 2.75) is 13.0 Å². The summed E-state index contributed by atoms with van der Waals surface area (Å²) in [6.07, 6.45) is 0.687. The first-order chi connectivity index (χ1) is 8.20. The number of benzene rings is 1. The summed E-state index contributed by atoms with van der Waals surface area (Å²) in [5.41, 5.74) is 2.00. The van der Waals surface area contributed by atoms with Crippen LogP contribution < -0.4 is 5.32 Å². The van der Waals surface area contributed by atoms with E-state index < -0.39 is 0 Å². The second-order valence-electron chi connectivity index (χ2n) is 3.64. The molecule has 0 unspecified atom stereocenters. The Hall–Kier alpha value is -0.610. The average molecular weight is 287 g/mol. The maximum Gasteiger partial charge on any atom is 0.0973 e. The molecular formula is C12H12Cl2N2S. The number of thiazole rings is 1. The van der Waals surface area contributed by atoms with Gasteiger partial charge in [-0.1, -0.05) is 29.3 Å². The molecule has 17 heavy (non-hydrogen) atoms. The van der Waals surface area contributed by atoms with Crippen molar-refractivity contribution in [3.05, 3.63) is 49.9 Å². The Bertz CT molecular complexity index is 491. The van der Waals surface area contributed by atoms with E-state index in [9.17, 15) is 0 Å². The molecule has 0 amide bonds. The SMILES string of the molecule is CNCc1csc(Cc2c(Cl)cccc2Cl)n1. The summed E-state index contributed by atoms with van der Waals surface area (Å²) in [7, 11) is 1.91. The maximum absolute atomic E-state index is 6.13. The summed E-state index contributed by atoms with van der Waals surface area (Å²) >= 11 is 13.9. The van der Waals surface area contributed by atoms with Crippen molar-refractivity contribution in [3.63, 3.8) is 0 Å². The van der Waals surface area contributed by atoms with Crippen molar-refractivity contribution in [2.24, 2.45) is 0 Å². The summed E-state index contributed by atoms with van der Waals surface area (Å²) in [6.45, 7) is 0.784. The zero-order valence-electron chi connectivity index (χ0n) is 9.34. The predicted molar refractivity (Wildman–Crippen MR) is 74.1 cm³/mol. The van der Waals surface area contributed by atoms with Crippen LogP contribution in [-0.4, -0.2) is 12.0 Å². The molecule has 90 valence electrons. The fraction of sp³-hybridized carbons (Fsp3) is 0.250. The molecule has 0 radical (unpaired) electrons. The van der Waals surface area contributed by atoms with Crippen LogP contribution in [0.15, 0.2) is 23.6 Å². The van der Waals surface area contributed by atoms with E-state index in [0.717, 1.165) is 22.8 Å². The van der Waals surface area contributed by atoms with E-state index in [1.165, 1.54) is 0 Å². The first-order valence-corrected chi connectivity index (χ1v) is 6.85. The molecule has 0 saturated carbocycles. The van der Waals surface area contributed by atoms with Crippen LogP contribution in [0.3, 0.4) is 0 Å². The fourth-order valence-corrected chi connectivity index (χ4v) is 2.88. The molecular weight excluding hydrogens is 275 g/mol. The summed E-state index contributed by atoms with van der Waals surface area (Å²) < 4.78 is 0. The Morgan fingerprint density at radius 3 is 2.65 bits per heavy atom. The lowest BCUT2D eigenvalue weighted by Gasteiger charge is -2.04. The first-order valence-electron chi connectivity index (χ1n) is 5.21. The topological polar surface area (TPSA) is 24.9 Å². The van der Waals surface area contributed by atoms with Gasteiger partial charge in [0.1, 0.15) is 0 Å². The van der Waals surface area contributed by atoms with Gasteiger partial charge in [-0.3, -0.25) is 0 Å². The van der Waals surface area contributed by atoms with Gasteiger partial charge in [0.15, 0.2) is 0 Å². The Morgan fingerprint density at radius 1 is 1.29 bits per heavy atom. The van der Waals surface area contributed by atoms with Crippen molar-refractivity contribution in [1.82, 2.24) is 10.3 Å². The largest absolute Gasteiger partial charge is 0.314 e. The smallest absolute Gasteiger partial charge is 0.0973 e. The van der Waals surface area contributed by atoms with E-state index in [1.807, 2.05) is 25.2 Å². The van der Waals surface area contributed by atoms with E-state index in [-0.39, 0.29) is 0 Å². The molecule has 2 rings (SSSR count). The van der Waals surface area contributed by atoms with Crippen LogP contribution in [0.1, 0.15) is 16.3 Å². The van der Waals surface area contributed by atoms with Crippen molar-refractivity contribution >= 4 is 34.5 Å². The lowest BCUT2D eigenvalue weighted by atomic mass is 10.1. The number of hydrogen-bond donors (Lipinski definition) is 1. The lowest BCUT2D eigenvalue weighted by molar-refractivity contribution is 0.793. The fourth-order valence-electron chi connectivity index (χ4n) is 1.54. The molecule has 1 N–H and O–H groups in total. The zero-order valence-corrected chi connectivity index (χ0v) is 11.7. The molecule has 0 atom stereocenters. The third-order valence-corrected chi connectivity index (χ3v) is 3.95. The van der Waals surface area contributed by atoms with Gasteiger partial charge in [0, 0.05) is 28.4 Å². The van der Waals surface area contributed by atoms with Crippen LogP contribution in [0.5, 0.6) is 0 Å². The third-order valence-electron chi connectivity index (χ3n) is 2.35. The van der Waals surface area contributed by atoms with E-state index in [1.54, 1.807) is 11.3 Å². The number of hydrogen-bond acceptors (Lipinski definition) is 3. The Morgan fingerprint density at radius 2 is 2.00 bits per heavy atom. The molecule has 1 aromatic carbocycles. The first kappa shape index (κ1) is 12.8. The molecule has 0 bridgehead atoms. The van der Waals surface area contributed by atoms with E-state index in [2.05, 4.69) is 15.7 Å². The van der Waals surface area contributed by atoms with Crippen LogP contribution in [0.25, 0.3) is 0 Å². The van der Waals surface area contributed by atoms with Gasteiger partial charge in [-0.05, 0) is 24.7 Å². The highest BCUT2D eigenvalue weighted by molar-refractivity contribution is 7.09. The number of rotatable bonds is 4. The molecule has 0 aliphatic rings. The second kappa shape index (κ2) is 5.83. The standard InChI is InChI=1S/C12H12Cl2N2S/c1-15-6-8-7-17-12(16-8)5-9-10(13)3-2-4-11(9)14/h2-4,7,15H,5-6H2,1H3. The van der Waals surface area contributed by atoms with Crippen molar-refractivity contribution in [1.29, 1.82) is 0 Å². The van der Waals surface area contributed by atoms with Gasteiger partial charge >= 0.3 is 0 Å². The number of nitrogens with zero attached hydrogens (tertiary/aromatic N) is 1. The predicted octanol–water partition coefficient (Wildman–Crippen LogP) is 3.76. The highest BCUT2D eigenvalue weighted by atomic mass is 35.5. The molecule has 5 heteroatoms. The minimum atomic E-state index is 0.687. The molecule has 1 aromatic heterocycles. The minimum absolute atomic E-state index is 0.687. The number of nitrogens with one attached hydrogen (secondary N) is 1. The molecule has 2 aromatic rings. The van der Waals surface area contributed by atoms with Gasteiger partial charge in [0.05, 0.1) is 10.7 Å². The van der Waals surface area contributed by atoms with E-state index in [0.29, 0.717) is 16.5 Å². The van der Waals surface area contributed by atoms with Gasteiger partial charge in [-0.25, -0.2) is 4.98 Å². The normalized spacial score (nSPS) is 10.8. The van der Waals surface area contributed by atoms with Gasteiger partial charge in [0.25, 0.3) is 0 Å². The van der Waals surface area contributed by atoms with Gasteiger partial charge in [-0.2, -0.15) is 0 Å². The van der Waals surface area contributed by atoms with Gasteiger partial charge in [-0.15, -0.1) is 11.3 Å². The van der Waals surface area contributed by atoms with Crippen LogP contribution in [-0.2, 0) is 13.0 Å². The van der Waals surface area contributed by atoms with Crippen LogP contribution >= 0.6 is 34.5 Å². The highest BCUT2D eigenvalue weighted by Gasteiger charge is 2.09. The Kier molecular flexibility index (Phi) is 4.40. The highest BCUT2D eigenvalue weighted by Crippen LogP contribution is 2.27. The third kappa shape index (κ3) is 3.19. The Balaban J connectivity index is 2.19. The minimum Gasteiger partial charge on any atom is -0.314 e. The summed E-state index contributed by atoms with van der Waals surface area (Å²) in [6, 6.07) is 5.55. The summed E-state index contributed by atoms with van der Waals surface area (Å²) in [5, 5.41) is 7.55. The molecule has 0 spiro atoms. The van der Waals surface area contributed by atoms with Crippen LogP contribution in [0.2, 0.25) is 10.0 Å². The second-order valence-corrected chi connectivity index (χ2v) is 5.40. The lowest BCUT2D eigenvalue weighted by Crippen LogP contribution is -2.05. The van der Waals surface area contributed by atoms with Crippen molar-refractivity contribution in [2.75, 3.05) is 7.05 Å². The maximum atomic E-state index is 6.13. The Labute approximate surface area is 115 Å². The van der Waals surface area contributed by atoms with E-state index in [4.69, 9.17) is 23.2 Å². The quantitative estimate of drug-likeness (QED) is 0.926. The average Bonchev–Trinajstić information content (AvgIpc) is 2.72.